The molecule has 0 bridgehead atoms. The Morgan fingerprint density at radius 1 is 1.18 bits per heavy atom. The molecule has 1 fully saturated rings. The third-order valence-electron chi connectivity index (χ3n) is 5.73. The van der Waals surface area contributed by atoms with E-state index >= 15 is 0 Å². The standard InChI is InChI=1S/C22H35NO3SSi/c1-8-17-23(27(24,25)20-12-10-19(2)11-13-20)18-9-14-22(15-16-22)26-28(6,7)21(3,4)5/h8-14H,1,15-18H2,2-7H3/b14-9+. The molecule has 0 spiro atoms. The van der Waals surface area contributed by atoms with Gasteiger partial charge >= 0.3 is 0 Å². The highest BCUT2D eigenvalue weighted by atomic mass is 32.2. The van der Waals surface area contributed by atoms with E-state index in [1.54, 1.807) is 18.2 Å². The van der Waals surface area contributed by atoms with Crippen molar-refractivity contribution < 1.29 is 12.8 Å². The van der Waals surface area contributed by atoms with Crippen LogP contribution in [0.1, 0.15) is 39.2 Å². The molecule has 1 aromatic rings. The van der Waals surface area contributed by atoms with Crippen LogP contribution in [0.25, 0.3) is 0 Å². The maximum Gasteiger partial charge on any atom is 0.243 e. The second-order valence-corrected chi connectivity index (χ2v) is 15.9. The van der Waals surface area contributed by atoms with Gasteiger partial charge in [0.05, 0.1) is 10.5 Å². The van der Waals surface area contributed by atoms with Crippen LogP contribution in [-0.4, -0.2) is 39.7 Å². The van der Waals surface area contributed by atoms with Gasteiger partial charge in [0.1, 0.15) is 0 Å². The number of aryl methyl sites for hydroxylation is 1. The lowest BCUT2D eigenvalue weighted by atomic mass is 10.2. The molecule has 0 aromatic heterocycles. The summed E-state index contributed by atoms with van der Waals surface area (Å²) < 4.78 is 34.0. The van der Waals surface area contributed by atoms with Gasteiger partial charge in [0.15, 0.2) is 8.32 Å². The first-order valence-corrected chi connectivity index (χ1v) is 14.2. The average Bonchev–Trinajstić information content (AvgIpc) is 3.32. The maximum atomic E-state index is 13.0. The smallest absolute Gasteiger partial charge is 0.243 e. The number of nitrogens with zero attached hydrogens (tertiary/aromatic N) is 1. The summed E-state index contributed by atoms with van der Waals surface area (Å²) in [4.78, 5) is 0.312. The van der Waals surface area contributed by atoms with Crippen molar-refractivity contribution in [3.8, 4) is 0 Å². The Balaban J connectivity index is 2.13. The fraction of sp³-hybridized carbons (Fsp3) is 0.545. The molecule has 2 rings (SSSR count). The molecule has 0 atom stereocenters. The predicted octanol–water partition coefficient (Wildman–Crippen LogP) is 5.28. The van der Waals surface area contributed by atoms with Crippen LogP contribution in [0, 0.1) is 6.92 Å². The molecule has 0 unspecified atom stereocenters. The molecule has 0 saturated heterocycles. The molecule has 1 aliphatic rings. The Morgan fingerprint density at radius 3 is 2.21 bits per heavy atom. The number of benzene rings is 1. The molecule has 0 radical (unpaired) electrons. The molecule has 28 heavy (non-hydrogen) atoms. The largest absolute Gasteiger partial charge is 0.408 e. The van der Waals surface area contributed by atoms with Gasteiger partial charge in [-0.3, -0.25) is 0 Å². The van der Waals surface area contributed by atoms with Gasteiger partial charge in [-0.15, -0.1) is 6.58 Å². The first-order chi connectivity index (χ1) is 12.8. The summed E-state index contributed by atoms with van der Waals surface area (Å²) in [5, 5.41) is 0.153. The molecule has 4 nitrogen and oxygen atoms in total. The normalized spacial score (nSPS) is 17.2. The highest BCUT2D eigenvalue weighted by molar-refractivity contribution is 7.89. The van der Waals surface area contributed by atoms with Crippen LogP contribution in [0.4, 0.5) is 0 Å². The number of sulfonamides is 1. The van der Waals surface area contributed by atoms with Crippen LogP contribution in [0.3, 0.4) is 0 Å². The quantitative estimate of drug-likeness (QED) is 0.402. The third-order valence-corrected chi connectivity index (χ3v) is 12.1. The van der Waals surface area contributed by atoms with E-state index in [0.717, 1.165) is 18.4 Å². The van der Waals surface area contributed by atoms with E-state index in [1.165, 1.54) is 4.31 Å². The molecular weight excluding hydrogens is 386 g/mol. The lowest BCUT2D eigenvalue weighted by Gasteiger charge is -2.39. The van der Waals surface area contributed by atoms with Crippen LogP contribution in [0.15, 0.2) is 54.0 Å². The van der Waals surface area contributed by atoms with E-state index in [4.69, 9.17) is 4.43 Å². The summed E-state index contributed by atoms with van der Waals surface area (Å²) in [7, 11) is -5.42. The minimum atomic E-state index is -3.56. The second-order valence-electron chi connectivity index (χ2n) is 9.25. The summed E-state index contributed by atoms with van der Waals surface area (Å²) in [5.74, 6) is 0. The minimum Gasteiger partial charge on any atom is -0.408 e. The number of hydrogen-bond donors (Lipinski definition) is 0. The van der Waals surface area contributed by atoms with E-state index in [-0.39, 0.29) is 17.2 Å². The zero-order chi connectivity index (χ0) is 21.2. The number of hydrogen-bond acceptors (Lipinski definition) is 3. The molecule has 0 heterocycles. The molecule has 156 valence electrons. The lowest BCUT2D eigenvalue weighted by molar-refractivity contribution is 0.205. The Bertz CT molecular complexity index is 816. The van der Waals surface area contributed by atoms with E-state index in [9.17, 15) is 8.42 Å². The fourth-order valence-corrected chi connectivity index (χ4v) is 5.70. The summed E-state index contributed by atoms with van der Waals surface area (Å²) in [5.41, 5.74) is 0.823. The van der Waals surface area contributed by atoms with Crippen molar-refractivity contribution in [2.24, 2.45) is 0 Å². The maximum absolute atomic E-state index is 13.0. The van der Waals surface area contributed by atoms with E-state index < -0.39 is 18.3 Å². The van der Waals surface area contributed by atoms with Gasteiger partial charge in [-0.1, -0.05) is 56.7 Å². The lowest BCUT2D eigenvalue weighted by Crippen LogP contribution is -2.44. The van der Waals surface area contributed by atoms with Crippen molar-refractivity contribution in [2.75, 3.05) is 13.1 Å². The Morgan fingerprint density at radius 2 is 1.75 bits per heavy atom. The molecule has 0 N–H and O–H groups in total. The summed E-state index contributed by atoms with van der Waals surface area (Å²) >= 11 is 0. The van der Waals surface area contributed by atoms with Gasteiger partial charge in [0.2, 0.25) is 10.0 Å². The van der Waals surface area contributed by atoms with Crippen LogP contribution >= 0.6 is 0 Å². The van der Waals surface area contributed by atoms with Gasteiger partial charge in [-0.2, -0.15) is 4.31 Å². The number of rotatable bonds is 9. The van der Waals surface area contributed by atoms with Gasteiger partial charge in [0, 0.05) is 13.1 Å². The topological polar surface area (TPSA) is 46.6 Å². The van der Waals surface area contributed by atoms with Crippen molar-refractivity contribution in [3.63, 3.8) is 0 Å². The molecule has 1 aromatic carbocycles. The molecular formula is C22H35NO3SSi. The van der Waals surface area contributed by atoms with Gasteiger partial charge < -0.3 is 4.43 Å². The summed E-state index contributed by atoms with van der Waals surface area (Å²) in [6.07, 6.45) is 7.65. The van der Waals surface area contributed by atoms with Crippen molar-refractivity contribution in [1.29, 1.82) is 0 Å². The Kier molecular flexibility index (Phi) is 6.81. The van der Waals surface area contributed by atoms with Gasteiger partial charge in [-0.25, -0.2) is 8.42 Å². The zero-order valence-electron chi connectivity index (χ0n) is 18.2. The predicted molar refractivity (Wildman–Crippen MR) is 120 cm³/mol. The Hall–Kier alpha value is -1.21. The summed E-state index contributed by atoms with van der Waals surface area (Å²) in [6, 6.07) is 6.96. The monoisotopic (exact) mass is 421 g/mol. The highest BCUT2D eigenvalue weighted by Gasteiger charge is 2.49. The Labute approximate surface area is 172 Å². The van der Waals surface area contributed by atoms with Gasteiger partial charge in [-0.05, 0) is 50.0 Å². The van der Waals surface area contributed by atoms with Crippen molar-refractivity contribution in [2.45, 2.75) is 69.2 Å². The minimum absolute atomic E-state index is 0.153. The molecule has 1 aliphatic carbocycles. The highest BCUT2D eigenvalue weighted by Crippen LogP contribution is 2.48. The third kappa shape index (κ3) is 5.44. The molecule has 1 saturated carbocycles. The molecule has 0 amide bonds. The first kappa shape index (κ1) is 23.1. The fourth-order valence-electron chi connectivity index (χ4n) is 2.75. The van der Waals surface area contributed by atoms with Crippen LogP contribution in [0.2, 0.25) is 18.1 Å². The van der Waals surface area contributed by atoms with Crippen LogP contribution in [-0.2, 0) is 14.4 Å². The van der Waals surface area contributed by atoms with Gasteiger partial charge in [0.25, 0.3) is 0 Å². The van der Waals surface area contributed by atoms with Crippen molar-refractivity contribution >= 4 is 18.3 Å². The van der Waals surface area contributed by atoms with Crippen LogP contribution < -0.4 is 0 Å². The molecule has 0 aliphatic heterocycles. The second kappa shape index (κ2) is 8.26. The van der Waals surface area contributed by atoms with Crippen molar-refractivity contribution in [1.82, 2.24) is 4.31 Å². The van der Waals surface area contributed by atoms with E-state index in [0.29, 0.717) is 11.4 Å². The zero-order valence-corrected chi connectivity index (χ0v) is 20.0. The first-order valence-electron chi connectivity index (χ1n) is 9.89. The average molecular weight is 422 g/mol. The van der Waals surface area contributed by atoms with Crippen LogP contribution in [0.5, 0.6) is 0 Å². The SMILES string of the molecule is C=CCN(C/C=C/C1(O[Si](C)(C)C(C)(C)C)CC1)S(=O)(=O)c1ccc(C)cc1. The van der Waals surface area contributed by atoms with Crippen molar-refractivity contribution in [3.05, 3.63) is 54.6 Å². The van der Waals surface area contributed by atoms with E-state index in [1.807, 2.05) is 25.1 Å². The summed E-state index contributed by atoms with van der Waals surface area (Å²) in [6.45, 7) is 17.5. The van der Waals surface area contributed by atoms with E-state index in [2.05, 4.69) is 46.5 Å². The molecule has 6 heteroatoms.